The van der Waals surface area contributed by atoms with Gasteiger partial charge in [-0.05, 0) is 36.4 Å². The molecule has 41 heavy (non-hydrogen) atoms. The Balaban J connectivity index is 1.50. The van der Waals surface area contributed by atoms with Crippen molar-refractivity contribution >= 4 is 30.1 Å². The number of aromatic nitrogens is 3. The third kappa shape index (κ3) is 6.45. The molecule has 3 aromatic carbocycles. The summed E-state index contributed by atoms with van der Waals surface area (Å²) in [6, 6.07) is 24.5. The van der Waals surface area contributed by atoms with E-state index in [1.54, 1.807) is 91.0 Å². The molecule has 208 valence electrons. The Labute approximate surface area is 238 Å². The normalized spacial score (nSPS) is 19.7. The van der Waals surface area contributed by atoms with E-state index in [-0.39, 0.29) is 15.8 Å². The number of carbonyl (C=O) groups is 3. The van der Waals surface area contributed by atoms with Crippen LogP contribution in [0.1, 0.15) is 37.3 Å². The van der Waals surface area contributed by atoms with Gasteiger partial charge in [-0.1, -0.05) is 66.8 Å². The summed E-state index contributed by atoms with van der Waals surface area (Å²) >= 11 is 4.99. The summed E-state index contributed by atoms with van der Waals surface area (Å²) in [5.41, 5.74) is -0.0203. The highest BCUT2D eigenvalue weighted by Gasteiger charge is 2.52. The van der Waals surface area contributed by atoms with Crippen LogP contribution in [0.15, 0.2) is 102 Å². The van der Waals surface area contributed by atoms with Crippen molar-refractivity contribution in [3.05, 3.63) is 129 Å². The molecule has 0 aliphatic carbocycles. The van der Waals surface area contributed by atoms with E-state index in [1.807, 2.05) is 0 Å². The molecule has 0 spiro atoms. The van der Waals surface area contributed by atoms with Crippen molar-refractivity contribution in [2.75, 3.05) is 6.61 Å². The minimum atomic E-state index is -1.37. The molecule has 0 bridgehead atoms. The van der Waals surface area contributed by atoms with Crippen LogP contribution in [0.2, 0.25) is 0 Å². The number of H-pyrrole nitrogens is 1. The summed E-state index contributed by atoms with van der Waals surface area (Å²) in [5.74, 6) is -2.15. The summed E-state index contributed by atoms with van der Waals surface area (Å²) in [4.78, 5) is 54.2. The summed E-state index contributed by atoms with van der Waals surface area (Å²) < 4.78 is 24.1. The second kappa shape index (κ2) is 12.5. The lowest BCUT2D eigenvalue weighted by molar-refractivity contribution is -0.0699. The monoisotopic (exact) mass is 573 g/mol. The first kappa shape index (κ1) is 27.6. The lowest BCUT2D eigenvalue weighted by atomic mass is 10.1. The maximum atomic E-state index is 13.1. The Morgan fingerprint density at radius 1 is 0.780 bits per heavy atom. The summed E-state index contributed by atoms with van der Waals surface area (Å²) in [5, 5.41) is 4.04. The van der Waals surface area contributed by atoms with E-state index < -0.39 is 54.7 Å². The van der Waals surface area contributed by atoms with Gasteiger partial charge in [0.25, 0.3) is 0 Å². The van der Waals surface area contributed by atoms with Crippen molar-refractivity contribution in [1.82, 2.24) is 14.8 Å². The predicted octanol–water partition coefficient (Wildman–Crippen LogP) is 3.51. The summed E-state index contributed by atoms with van der Waals surface area (Å²) in [7, 11) is 0. The molecule has 1 aliphatic rings. The number of rotatable bonds is 8. The van der Waals surface area contributed by atoms with Gasteiger partial charge in [0.15, 0.2) is 18.4 Å². The van der Waals surface area contributed by atoms with E-state index in [1.165, 1.54) is 6.20 Å². The molecule has 0 saturated carbocycles. The lowest BCUT2D eigenvalue weighted by Gasteiger charge is -2.24. The van der Waals surface area contributed by atoms with Crippen molar-refractivity contribution in [2.45, 2.75) is 24.5 Å². The number of benzene rings is 3. The van der Waals surface area contributed by atoms with E-state index in [0.29, 0.717) is 5.56 Å². The molecule has 1 aliphatic heterocycles. The van der Waals surface area contributed by atoms with Gasteiger partial charge in [-0.15, -0.1) is 0 Å². The molecule has 12 heteroatoms. The molecular formula is C29H23N3O8S. The Hall–Kier alpha value is -4.94. The average molecular weight is 574 g/mol. The molecule has 2 heterocycles. The average Bonchev–Trinajstić information content (AvgIpc) is 3.33. The molecule has 1 N–H and O–H groups in total. The van der Waals surface area contributed by atoms with Crippen molar-refractivity contribution < 1.29 is 33.3 Å². The van der Waals surface area contributed by atoms with Crippen molar-refractivity contribution in [2.24, 2.45) is 0 Å². The number of nitrogens with zero attached hydrogens (tertiary/aromatic N) is 2. The smallest absolute Gasteiger partial charge is 0.345 e. The highest BCUT2D eigenvalue weighted by atomic mass is 32.1. The third-order valence-electron chi connectivity index (χ3n) is 6.16. The van der Waals surface area contributed by atoms with Crippen LogP contribution >= 0.6 is 12.2 Å². The number of hydrogen-bond acceptors (Lipinski definition) is 10. The van der Waals surface area contributed by atoms with Crippen LogP contribution in [-0.2, 0) is 18.9 Å². The van der Waals surface area contributed by atoms with Gasteiger partial charge in [-0.2, -0.15) is 9.78 Å². The second-order valence-electron chi connectivity index (χ2n) is 8.89. The maximum Gasteiger partial charge on any atom is 0.345 e. The number of aromatic amines is 1. The van der Waals surface area contributed by atoms with Gasteiger partial charge in [-0.25, -0.2) is 19.2 Å². The number of carbonyl (C=O) groups excluding carboxylic acids is 3. The van der Waals surface area contributed by atoms with E-state index in [9.17, 15) is 19.2 Å². The molecule has 11 nitrogen and oxygen atoms in total. The summed E-state index contributed by atoms with van der Waals surface area (Å²) in [6.07, 6.45) is -3.97. The number of ether oxygens (including phenoxy) is 4. The molecule has 1 fully saturated rings. The molecule has 0 radical (unpaired) electrons. The number of esters is 3. The van der Waals surface area contributed by atoms with Crippen molar-refractivity contribution in [1.29, 1.82) is 0 Å². The Morgan fingerprint density at radius 2 is 1.27 bits per heavy atom. The Morgan fingerprint density at radius 3 is 1.78 bits per heavy atom. The minimum absolute atomic E-state index is 0.0717. The van der Waals surface area contributed by atoms with Crippen LogP contribution in [0.3, 0.4) is 0 Å². The topological polar surface area (TPSA) is 139 Å². The number of hydrogen-bond donors (Lipinski definition) is 1. The molecule has 4 atom stereocenters. The highest BCUT2D eigenvalue weighted by Crippen LogP contribution is 2.34. The van der Waals surface area contributed by atoms with Crippen molar-refractivity contribution in [3.8, 4) is 0 Å². The Kier molecular flexibility index (Phi) is 8.42. The SMILES string of the molecule is O=C(OC[C@@H]1O[C@@H](n2ncc(=S)[nH]c2=O)[C@@H](OC(=O)c2ccccc2)[C@@H]1OC(=O)c1ccccc1)c1ccccc1. The van der Waals surface area contributed by atoms with Gasteiger partial charge in [0, 0.05) is 0 Å². The van der Waals surface area contributed by atoms with Gasteiger partial charge in [0.1, 0.15) is 17.4 Å². The quantitative estimate of drug-likeness (QED) is 0.189. The van der Waals surface area contributed by atoms with E-state index in [2.05, 4.69) is 10.1 Å². The van der Waals surface area contributed by atoms with Gasteiger partial charge < -0.3 is 18.9 Å². The first-order valence-electron chi connectivity index (χ1n) is 12.5. The van der Waals surface area contributed by atoms with Crippen LogP contribution in [0.4, 0.5) is 0 Å². The van der Waals surface area contributed by atoms with Crippen LogP contribution in [-0.4, -0.2) is 57.6 Å². The highest BCUT2D eigenvalue weighted by molar-refractivity contribution is 7.71. The fourth-order valence-corrected chi connectivity index (χ4v) is 4.33. The first-order valence-corrected chi connectivity index (χ1v) is 12.9. The molecular weight excluding hydrogens is 550 g/mol. The summed E-state index contributed by atoms with van der Waals surface area (Å²) in [6.45, 7) is -0.395. The van der Waals surface area contributed by atoms with Crippen LogP contribution < -0.4 is 5.69 Å². The Bertz CT molecular complexity index is 1640. The zero-order valence-electron chi connectivity index (χ0n) is 21.3. The molecule has 0 unspecified atom stereocenters. The second-order valence-corrected chi connectivity index (χ2v) is 9.32. The van der Waals surface area contributed by atoms with E-state index in [0.717, 1.165) is 4.68 Å². The van der Waals surface area contributed by atoms with Gasteiger partial charge in [-0.3, -0.25) is 4.98 Å². The predicted molar refractivity (Wildman–Crippen MR) is 146 cm³/mol. The first-order chi connectivity index (χ1) is 19.9. The van der Waals surface area contributed by atoms with Gasteiger partial charge in [0.2, 0.25) is 0 Å². The third-order valence-corrected chi connectivity index (χ3v) is 6.37. The van der Waals surface area contributed by atoms with Crippen LogP contribution in [0.5, 0.6) is 0 Å². The fourth-order valence-electron chi connectivity index (χ4n) is 4.20. The van der Waals surface area contributed by atoms with Crippen molar-refractivity contribution in [3.63, 3.8) is 0 Å². The standard InChI is InChI=1S/C29H23N3O8S/c33-26(18-10-4-1-5-11-18)37-17-21-23(39-27(34)19-12-6-2-7-13-19)24(40-28(35)20-14-8-3-9-15-20)25(38-21)32-29(36)31-22(41)16-30-32/h1-16,21,23-25H,17H2,(H,31,36,41)/t21-,23+,24-,25+/m0/s1. The fraction of sp³-hybridized carbons (Fsp3) is 0.172. The van der Waals surface area contributed by atoms with E-state index >= 15 is 0 Å². The molecule has 0 amide bonds. The molecule has 4 aromatic rings. The van der Waals surface area contributed by atoms with Gasteiger partial charge >= 0.3 is 23.6 Å². The van der Waals surface area contributed by atoms with Gasteiger partial charge in [0.05, 0.1) is 22.9 Å². The molecule has 1 saturated heterocycles. The molecule has 1 aromatic heterocycles. The maximum absolute atomic E-state index is 13.1. The number of nitrogens with one attached hydrogen (secondary N) is 1. The zero-order chi connectivity index (χ0) is 28.8. The van der Waals surface area contributed by atoms with Crippen LogP contribution in [0.25, 0.3) is 0 Å². The molecule has 5 rings (SSSR count). The lowest BCUT2D eigenvalue weighted by Crippen LogP contribution is -2.43. The van der Waals surface area contributed by atoms with E-state index in [4.69, 9.17) is 31.2 Å². The minimum Gasteiger partial charge on any atom is -0.459 e. The largest absolute Gasteiger partial charge is 0.459 e. The zero-order valence-corrected chi connectivity index (χ0v) is 22.1. The van der Waals surface area contributed by atoms with Crippen LogP contribution in [0, 0.1) is 4.64 Å².